The summed E-state index contributed by atoms with van der Waals surface area (Å²) in [6, 6.07) is 0.0106. The highest BCUT2D eigenvalue weighted by molar-refractivity contribution is 5.81. The molecular weight excluding hydrogens is 312 g/mol. The topological polar surface area (TPSA) is 92.3 Å². The van der Waals surface area contributed by atoms with E-state index in [0.717, 1.165) is 13.0 Å². The average molecular weight is 342 g/mol. The minimum absolute atomic E-state index is 0.0106. The van der Waals surface area contributed by atoms with Gasteiger partial charge in [0.1, 0.15) is 5.60 Å². The Kier molecular flexibility index (Phi) is 7.31. The summed E-state index contributed by atoms with van der Waals surface area (Å²) < 4.78 is 9.98. The first kappa shape index (κ1) is 20.1. The number of hydrogen-bond donors (Lipinski definition) is 2. The molecule has 1 fully saturated rings. The predicted molar refractivity (Wildman–Crippen MR) is 91.9 cm³/mol. The zero-order chi connectivity index (χ0) is 18.3. The van der Waals surface area contributed by atoms with Crippen molar-refractivity contribution in [3.05, 3.63) is 0 Å². The third kappa shape index (κ3) is 6.64. The molecule has 1 saturated heterocycles. The van der Waals surface area contributed by atoms with Gasteiger partial charge in [0.15, 0.2) is 5.96 Å². The standard InChI is InChI=1S/C16H30N4O4/c1-11(13(21)23-6)9-18-14(17-5)20-8-7-12(10-20)19-15(22)24-16(2,3)4/h11-12H,7-10H2,1-6H3,(H,17,18)(H,19,22). The second-order valence-electron chi connectivity index (χ2n) is 6.93. The number of nitrogens with one attached hydrogen (secondary N) is 2. The third-order valence-electron chi connectivity index (χ3n) is 3.59. The molecule has 24 heavy (non-hydrogen) atoms. The Bertz CT molecular complexity index is 473. The first-order chi connectivity index (χ1) is 11.2. The van der Waals surface area contributed by atoms with Gasteiger partial charge < -0.3 is 25.0 Å². The number of hydrogen-bond acceptors (Lipinski definition) is 5. The van der Waals surface area contributed by atoms with Crippen molar-refractivity contribution in [2.45, 2.75) is 45.8 Å². The molecule has 0 aromatic heterocycles. The highest BCUT2D eigenvalue weighted by Crippen LogP contribution is 2.12. The molecule has 2 N–H and O–H groups in total. The lowest BCUT2D eigenvalue weighted by molar-refractivity contribution is -0.144. The Labute approximate surface area is 144 Å². The van der Waals surface area contributed by atoms with Gasteiger partial charge in [-0.3, -0.25) is 9.79 Å². The van der Waals surface area contributed by atoms with Gasteiger partial charge in [-0.15, -0.1) is 0 Å². The molecule has 0 saturated carbocycles. The number of alkyl carbamates (subject to hydrolysis) is 1. The van der Waals surface area contributed by atoms with E-state index in [-0.39, 0.29) is 17.9 Å². The fourth-order valence-corrected chi connectivity index (χ4v) is 2.41. The second kappa shape index (κ2) is 8.75. The van der Waals surface area contributed by atoms with E-state index in [4.69, 9.17) is 9.47 Å². The smallest absolute Gasteiger partial charge is 0.407 e. The van der Waals surface area contributed by atoms with Gasteiger partial charge in [-0.25, -0.2) is 4.79 Å². The summed E-state index contributed by atoms with van der Waals surface area (Å²) >= 11 is 0. The van der Waals surface area contributed by atoms with Gasteiger partial charge in [0, 0.05) is 26.7 Å². The zero-order valence-electron chi connectivity index (χ0n) is 15.5. The summed E-state index contributed by atoms with van der Waals surface area (Å²) in [5.74, 6) is 0.188. The number of aliphatic imine (C=N–C) groups is 1. The molecule has 0 aliphatic carbocycles. The number of likely N-dealkylation sites (tertiary alicyclic amines) is 1. The van der Waals surface area contributed by atoms with E-state index < -0.39 is 11.7 Å². The van der Waals surface area contributed by atoms with Crippen molar-refractivity contribution >= 4 is 18.0 Å². The summed E-state index contributed by atoms with van der Waals surface area (Å²) in [5.41, 5.74) is -0.510. The van der Waals surface area contributed by atoms with Crippen LogP contribution < -0.4 is 10.6 Å². The summed E-state index contributed by atoms with van der Waals surface area (Å²) in [7, 11) is 3.07. The van der Waals surface area contributed by atoms with Gasteiger partial charge in [0.25, 0.3) is 0 Å². The Morgan fingerprint density at radius 2 is 2.04 bits per heavy atom. The van der Waals surface area contributed by atoms with Gasteiger partial charge in [0.05, 0.1) is 19.1 Å². The largest absolute Gasteiger partial charge is 0.469 e. The van der Waals surface area contributed by atoms with Crippen molar-refractivity contribution in [1.29, 1.82) is 0 Å². The molecule has 8 nitrogen and oxygen atoms in total. The summed E-state index contributed by atoms with van der Waals surface area (Å²) in [6.45, 7) is 9.16. The molecule has 1 amide bonds. The molecule has 0 aromatic rings. The van der Waals surface area contributed by atoms with E-state index in [2.05, 4.69) is 15.6 Å². The highest BCUT2D eigenvalue weighted by atomic mass is 16.6. The maximum absolute atomic E-state index is 11.8. The SMILES string of the molecule is CN=C(NCC(C)C(=O)OC)N1CCC(NC(=O)OC(C)(C)C)C1. The van der Waals surface area contributed by atoms with E-state index in [0.29, 0.717) is 19.0 Å². The van der Waals surface area contributed by atoms with Gasteiger partial charge in [-0.05, 0) is 27.2 Å². The molecule has 8 heteroatoms. The number of rotatable bonds is 4. The summed E-state index contributed by atoms with van der Waals surface area (Å²) in [4.78, 5) is 29.6. The van der Waals surface area contributed by atoms with Crippen molar-refractivity contribution in [3.8, 4) is 0 Å². The van der Waals surface area contributed by atoms with Crippen LogP contribution in [0.2, 0.25) is 0 Å². The normalized spacial score (nSPS) is 19.7. The Morgan fingerprint density at radius 1 is 1.38 bits per heavy atom. The molecule has 0 spiro atoms. The van der Waals surface area contributed by atoms with Gasteiger partial charge in [-0.2, -0.15) is 0 Å². The fraction of sp³-hybridized carbons (Fsp3) is 0.812. The van der Waals surface area contributed by atoms with E-state index in [1.54, 1.807) is 14.0 Å². The maximum Gasteiger partial charge on any atom is 0.407 e. The van der Waals surface area contributed by atoms with Crippen molar-refractivity contribution in [2.24, 2.45) is 10.9 Å². The molecule has 1 rings (SSSR count). The number of carbonyl (C=O) groups excluding carboxylic acids is 2. The molecule has 2 atom stereocenters. The quantitative estimate of drug-likeness (QED) is 0.449. The molecule has 0 bridgehead atoms. The monoisotopic (exact) mass is 342 g/mol. The number of methoxy groups -OCH3 is 1. The summed E-state index contributed by atoms with van der Waals surface area (Å²) in [6.07, 6.45) is 0.406. The molecule has 1 aliphatic rings. The van der Waals surface area contributed by atoms with E-state index >= 15 is 0 Å². The van der Waals surface area contributed by atoms with Crippen LogP contribution in [0.5, 0.6) is 0 Å². The number of carbonyl (C=O) groups is 2. The van der Waals surface area contributed by atoms with Crippen molar-refractivity contribution in [2.75, 3.05) is 33.8 Å². The summed E-state index contributed by atoms with van der Waals surface area (Å²) in [5, 5.41) is 6.05. The van der Waals surface area contributed by atoms with Crippen LogP contribution in [0.4, 0.5) is 4.79 Å². The van der Waals surface area contributed by atoms with Crippen LogP contribution in [-0.4, -0.2) is 68.4 Å². The number of esters is 1. The molecule has 1 aliphatic heterocycles. The maximum atomic E-state index is 11.8. The highest BCUT2D eigenvalue weighted by Gasteiger charge is 2.28. The van der Waals surface area contributed by atoms with Gasteiger partial charge in [0.2, 0.25) is 0 Å². The van der Waals surface area contributed by atoms with Crippen LogP contribution in [-0.2, 0) is 14.3 Å². The lowest BCUT2D eigenvalue weighted by Gasteiger charge is -2.24. The number of amides is 1. The predicted octanol–water partition coefficient (Wildman–Crippen LogP) is 0.970. The van der Waals surface area contributed by atoms with Crippen LogP contribution in [0.15, 0.2) is 4.99 Å². The average Bonchev–Trinajstić information content (AvgIpc) is 2.92. The Morgan fingerprint density at radius 3 is 2.58 bits per heavy atom. The fourth-order valence-electron chi connectivity index (χ4n) is 2.41. The van der Waals surface area contributed by atoms with E-state index in [1.807, 2.05) is 25.7 Å². The minimum Gasteiger partial charge on any atom is -0.469 e. The van der Waals surface area contributed by atoms with Crippen LogP contribution in [0.3, 0.4) is 0 Å². The van der Waals surface area contributed by atoms with E-state index in [1.165, 1.54) is 7.11 Å². The van der Waals surface area contributed by atoms with Crippen LogP contribution >= 0.6 is 0 Å². The lowest BCUT2D eigenvalue weighted by Crippen LogP contribution is -2.45. The van der Waals surface area contributed by atoms with Crippen molar-refractivity contribution in [3.63, 3.8) is 0 Å². The molecule has 1 heterocycles. The Hall–Kier alpha value is -1.99. The third-order valence-corrected chi connectivity index (χ3v) is 3.59. The van der Waals surface area contributed by atoms with Crippen molar-refractivity contribution in [1.82, 2.24) is 15.5 Å². The molecule has 0 aromatic carbocycles. The van der Waals surface area contributed by atoms with Crippen LogP contribution in [0.1, 0.15) is 34.1 Å². The molecule has 0 radical (unpaired) electrons. The van der Waals surface area contributed by atoms with E-state index in [9.17, 15) is 9.59 Å². The van der Waals surface area contributed by atoms with Crippen molar-refractivity contribution < 1.29 is 19.1 Å². The minimum atomic E-state index is -0.510. The molecule has 138 valence electrons. The first-order valence-corrected chi connectivity index (χ1v) is 8.19. The zero-order valence-corrected chi connectivity index (χ0v) is 15.5. The number of nitrogens with zero attached hydrogens (tertiary/aromatic N) is 2. The van der Waals surface area contributed by atoms with Crippen LogP contribution in [0.25, 0.3) is 0 Å². The molecule has 2 unspecified atom stereocenters. The Balaban J connectivity index is 2.45. The second-order valence-corrected chi connectivity index (χ2v) is 6.93. The first-order valence-electron chi connectivity index (χ1n) is 8.19. The van der Waals surface area contributed by atoms with Crippen LogP contribution in [0, 0.1) is 5.92 Å². The molecular formula is C16H30N4O4. The van der Waals surface area contributed by atoms with Gasteiger partial charge >= 0.3 is 12.1 Å². The number of guanidine groups is 1. The number of ether oxygens (including phenoxy) is 2. The lowest BCUT2D eigenvalue weighted by atomic mass is 10.2. The van der Waals surface area contributed by atoms with Gasteiger partial charge in [-0.1, -0.05) is 6.92 Å².